The van der Waals surface area contributed by atoms with Crippen molar-refractivity contribution in [3.63, 3.8) is 0 Å². The van der Waals surface area contributed by atoms with E-state index in [0.717, 1.165) is 0 Å². The van der Waals surface area contributed by atoms with Gasteiger partial charge in [0.25, 0.3) is 5.89 Å². The number of aromatic nitrogens is 2. The normalized spacial score (nSPS) is 9.44. The van der Waals surface area contributed by atoms with Crippen LogP contribution in [0, 0.1) is 6.92 Å². The largest absolute Gasteiger partial charge is 0.395 e. The van der Waals surface area contributed by atoms with Gasteiger partial charge in [-0.3, -0.25) is 0 Å². The summed E-state index contributed by atoms with van der Waals surface area (Å²) in [5, 5.41) is 3.51. The fourth-order valence-electron chi connectivity index (χ4n) is 0.428. The number of hydrogen-bond donors (Lipinski definition) is 1. The molecule has 0 saturated heterocycles. The van der Waals surface area contributed by atoms with Crippen molar-refractivity contribution in [3.05, 3.63) is 18.3 Å². The SMILES string of the molecule is C=C(N)c1nc(C)no1. The van der Waals surface area contributed by atoms with Gasteiger partial charge in [-0.15, -0.1) is 0 Å². The molecule has 0 bridgehead atoms. The van der Waals surface area contributed by atoms with Crippen molar-refractivity contribution in [1.82, 2.24) is 10.1 Å². The molecule has 1 aromatic rings. The van der Waals surface area contributed by atoms with Crippen molar-refractivity contribution >= 4 is 5.70 Å². The van der Waals surface area contributed by atoms with E-state index < -0.39 is 0 Å². The van der Waals surface area contributed by atoms with Gasteiger partial charge in [0, 0.05) is 0 Å². The molecule has 4 nitrogen and oxygen atoms in total. The molecule has 1 rings (SSSR count). The fraction of sp³-hybridized carbons (Fsp3) is 0.200. The van der Waals surface area contributed by atoms with Crippen LogP contribution in [0.1, 0.15) is 11.7 Å². The molecule has 0 aliphatic carbocycles. The zero-order valence-corrected chi connectivity index (χ0v) is 5.09. The summed E-state index contributed by atoms with van der Waals surface area (Å²) in [6.45, 7) is 5.14. The van der Waals surface area contributed by atoms with Crippen molar-refractivity contribution in [1.29, 1.82) is 0 Å². The predicted octanol–water partition coefficient (Wildman–Crippen LogP) is 0.307. The Morgan fingerprint density at radius 1 is 1.78 bits per heavy atom. The standard InChI is InChI=1S/C5H7N3O/c1-3(6)5-7-4(2)8-9-5/h1,6H2,2H3. The number of aryl methyl sites for hydroxylation is 1. The molecule has 0 amide bonds. The van der Waals surface area contributed by atoms with E-state index >= 15 is 0 Å². The second kappa shape index (κ2) is 1.89. The Bertz CT molecular complexity index is 228. The van der Waals surface area contributed by atoms with E-state index in [1.807, 2.05) is 0 Å². The molecule has 4 heteroatoms. The zero-order valence-electron chi connectivity index (χ0n) is 5.09. The Balaban J connectivity index is 2.98. The molecule has 1 heterocycles. The Labute approximate surface area is 52.4 Å². The minimum atomic E-state index is 0.299. The van der Waals surface area contributed by atoms with Crippen LogP contribution in [-0.4, -0.2) is 10.1 Å². The Hall–Kier alpha value is -1.32. The van der Waals surface area contributed by atoms with E-state index in [9.17, 15) is 0 Å². The molecular weight excluding hydrogens is 118 g/mol. The highest BCUT2D eigenvalue weighted by atomic mass is 16.5. The second-order valence-electron chi connectivity index (χ2n) is 1.67. The molecule has 9 heavy (non-hydrogen) atoms. The van der Waals surface area contributed by atoms with Crippen LogP contribution in [0.4, 0.5) is 0 Å². The van der Waals surface area contributed by atoms with E-state index in [2.05, 4.69) is 21.2 Å². The maximum atomic E-state index is 5.24. The quantitative estimate of drug-likeness (QED) is 0.586. The molecule has 0 aliphatic heterocycles. The summed E-state index contributed by atoms with van der Waals surface area (Å²) in [7, 11) is 0. The molecule has 48 valence electrons. The van der Waals surface area contributed by atoms with Gasteiger partial charge in [-0.05, 0) is 6.92 Å². The van der Waals surface area contributed by atoms with Crippen LogP contribution in [-0.2, 0) is 0 Å². The number of hydrogen-bond acceptors (Lipinski definition) is 4. The summed E-state index contributed by atoms with van der Waals surface area (Å²) in [6.07, 6.45) is 0. The lowest BCUT2D eigenvalue weighted by Crippen LogP contribution is -1.93. The molecule has 0 aliphatic rings. The van der Waals surface area contributed by atoms with Crippen molar-refractivity contribution in [2.75, 3.05) is 0 Å². The van der Waals surface area contributed by atoms with Crippen molar-refractivity contribution < 1.29 is 4.52 Å². The van der Waals surface area contributed by atoms with Crippen LogP contribution < -0.4 is 5.73 Å². The monoisotopic (exact) mass is 125 g/mol. The average Bonchev–Trinajstić information content (AvgIpc) is 2.14. The van der Waals surface area contributed by atoms with E-state index in [1.165, 1.54) is 0 Å². The Morgan fingerprint density at radius 2 is 2.44 bits per heavy atom. The molecule has 1 aromatic heterocycles. The molecule has 0 saturated carbocycles. The molecule has 0 unspecified atom stereocenters. The summed E-state index contributed by atoms with van der Waals surface area (Å²) in [5.74, 6) is 0.865. The first-order chi connectivity index (χ1) is 4.20. The van der Waals surface area contributed by atoms with Crippen molar-refractivity contribution in [2.24, 2.45) is 5.73 Å². The van der Waals surface area contributed by atoms with Gasteiger partial charge in [0.05, 0.1) is 5.70 Å². The van der Waals surface area contributed by atoms with Crippen LogP contribution in [0.15, 0.2) is 11.1 Å². The second-order valence-corrected chi connectivity index (χ2v) is 1.67. The van der Waals surface area contributed by atoms with E-state index in [1.54, 1.807) is 6.92 Å². The molecule has 0 aromatic carbocycles. The van der Waals surface area contributed by atoms with Crippen LogP contribution in [0.25, 0.3) is 5.70 Å². The number of nitrogens with two attached hydrogens (primary N) is 1. The highest BCUT2D eigenvalue weighted by Crippen LogP contribution is 2.00. The van der Waals surface area contributed by atoms with Gasteiger partial charge in [0.2, 0.25) is 0 Å². The lowest BCUT2D eigenvalue weighted by molar-refractivity contribution is 0.402. The summed E-state index contributed by atoms with van der Waals surface area (Å²) in [6, 6.07) is 0. The summed E-state index contributed by atoms with van der Waals surface area (Å²) < 4.78 is 4.64. The zero-order chi connectivity index (χ0) is 6.85. The molecule has 0 spiro atoms. The first kappa shape index (κ1) is 5.81. The third-order valence-corrected chi connectivity index (χ3v) is 0.802. The topological polar surface area (TPSA) is 64.9 Å². The molecule has 2 N–H and O–H groups in total. The van der Waals surface area contributed by atoms with E-state index in [-0.39, 0.29) is 0 Å². The fourth-order valence-corrected chi connectivity index (χ4v) is 0.428. The molecule has 0 fully saturated rings. The molecule has 0 atom stereocenters. The van der Waals surface area contributed by atoms with Crippen molar-refractivity contribution in [3.8, 4) is 0 Å². The minimum Gasteiger partial charge on any atom is -0.395 e. The third kappa shape index (κ3) is 1.07. The van der Waals surface area contributed by atoms with Gasteiger partial charge in [0.15, 0.2) is 5.82 Å². The van der Waals surface area contributed by atoms with Gasteiger partial charge in [-0.1, -0.05) is 11.7 Å². The number of nitrogens with zero attached hydrogens (tertiary/aromatic N) is 2. The van der Waals surface area contributed by atoms with Gasteiger partial charge >= 0.3 is 0 Å². The van der Waals surface area contributed by atoms with Gasteiger partial charge in [-0.2, -0.15) is 4.98 Å². The van der Waals surface area contributed by atoms with E-state index in [0.29, 0.717) is 17.4 Å². The van der Waals surface area contributed by atoms with Gasteiger partial charge < -0.3 is 10.3 Å². The average molecular weight is 125 g/mol. The summed E-state index contributed by atoms with van der Waals surface area (Å²) in [4.78, 5) is 3.81. The lowest BCUT2D eigenvalue weighted by atomic mass is 10.5. The maximum Gasteiger partial charge on any atom is 0.273 e. The Kier molecular flexibility index (Phi) is 1.22. The first-order valence-corrected chi connectivity index (χ1v) is 2.45. The predicted molar refractivity (Wildman–Crippen MR) is 32.3 cm³/mol. The van der Waals surface area contributed by atoms with Crippen molar-refractivity contribution in [2.45, 2.75) is 6.92 Å². The first-order valence-electron chi connectivity index (χ1n) is 2.45. The Morgan fingerprint density at radius 3 is 2.67 bits per heavy atom. The smallest absolute Gasteiger partial charge is 0.273 e. The third-order valence-electron chi connectivity index (χ3n) is 0.802. The minimum absolute atomic E-state index is 0.299. The molecule has 0 radical (unpaired) electrons. The van der Waals surface area contributed by atoms with Crippen LogP contribution in [0.2, 0.25) is 0 Å². The number of rotatable bonds is 1. The van der Waals surface area contributed by atoms with Crippen LogP contribution in [0.3, 0.4) is 0 Å². The molecular formula is C5H7N3O. The van der Waals surface area contributed by atoms with Gasteiger partial charge in [-0.25, -0.2) is 0 Å². The van der Waals surface area contributed by atoms with Gasteiger partial charge in [0.1, 0.15) is 0 Å². The van der Waals surface area contributed by atoms with Crippen LogP contribution >= 0.6 is 0 Å². The van der Waals surface area contributed by atoms with E-state index in [4.69, 9.17) is 5.73 Å². The van der Waals surface area contributed by atoms with Crippen LogP contribution in [0.5, 0.6) is 0 Å². The highest BCUT2D eigenvalue weighted by molar-refractivity contribution is 5.50. The lowest BCUT2D eigenvalue weighted by Gasteiger charge is -1.83. The maximum absolute atomic E-state index is 5.24. The summed E-state index contributed by atoms with van der Waals surface area (Å²) >= 11 is 0. The highest BCUT2D eigenvalue weighted by Gasteiger charge is 2.00. The summed E-state index contributed by atoms with van der Waals surface area (Å²) in [5.41, 5.74) is 5.54.